The Morgan fingerprint density at radius 3 is 2.52 bits per heavy atom. The van der Waals surface area contributed by atoms with Crippen LogP contribution in [0.3, 0.4) is 0 Å². The zero-order valence-electron chi connectivity index (χ0n) is 14.8. The molecule has 25 heavy (non-hydrogen) atoms. The van der Waals surface area contributed by atoms with Crippen molar-refractivity contribution in [1.82, 2.24) is 19.9 Å². The minimum absolute atomic E-state index is 0.146. The highest BCUT2D eigenvalue weighted by atomic mass is 15.1. The molecule has 2 heterocycles. The normalized spacial score (nSPS) is 12.2. The maximum atomic E-state index is 4.70. The van der Waals surface area contributed by atoms with Crippen molar-refractivity contribution in [3.63, 3.8) is 0 Å². The molecule has 2 aromatic heterocycles. The highest BCUT2D eigenvalue weighted by Crippen LogP contribution is 2.22. The van der Waals surface area contributed by atoms with Gasteiger partial charge in [-0.25, -0.2) is 9.97 Å². The average molecular weight is 333 g/mol. The summed E-state index contributed by atoms with van der Waals surface area (Å²) < 4.78 is 0. The second-order valence-electron chi connectivity index (χ2n) is 6.33. The van der Waals surface area contributed by atoms with E-state index < -0.39 is 0 Å². The van der Waals surface area contributed by atoms with E-state index in [1.54, 1.807) is 12.4 Å². The second-order valence-corrected chi connectivity index (χ2v) is 6.33. The second kappa shape index (κ2) is 7.85. The van der Waals surface area contributed by atoms with Crippen LogP contribution in [0.15, 0.2) is 60.9 Å². The van der Waals surface area contributed by atoms with E-state index in [1.165, 1.54) is 5.56 Å². The number of hydrogen-bond donors (Lipinski definition) is 1. The largest absolute Gasteiger partial charge is 0.362 e. The van der Waals surface area contributed by atoms with Crippen molar-refractivity contribution in [1.29, 1.82) is 0 Å². The van der Waals surface area contributed by atoms with Gasteiger partial charge in [-0.15, -0.1) is 0 Å². The molecule has 128 valence electrons. The molecule has 3 aromatic rings. The number of rotatable bonds is 6. The maximum Gasteiger partial charge on any atom is 0.163 e. The van der Waals surface area contributed by atoms with Crippen LogP contribution in [0, 0.1) is 6.92 Å². The first-order valence-electron chi connectivity index (χ1n) is 8.34. The van der Waals surface area contributed by atoms with Crippen molar-refractivity contribution in [2.24, 2.45) is 0 Å². The summed E-state index contributed by atoms with van der Waals surface area (Å²) >= 11 is 0. The zero-order chi connectivity index (χ0) is 17.6. The minimum atomic E-state index is 0.146. The molecular formula is C20H23N5. The molecule has 0 fully saturated rings. The van der Waals surface area contributed by atoms with Gasteiger partial charge in [0, 0.05) is 36.3 Å². The first-order valence-corrected chi connectivity index (χ1v) is 8.34. The van der Waals surface area contributed by atoms with Gasteiger partial charge in [0.05, 0.1) is 6.04 Å². The summed E-state index contributed by atoms with van der Waals surface area (Å²) in [7, 11) is 4.15. The molecule has 0 saturated heterocycles. The highest BCUT2D eigenvalue weighted by Gasteiger charge is 2.14. The monoisotopic (exact) mass is 333 g/mol. The fourth-order valence-electron chi connectivity index (χ4n) is 2.73. The van der Waals surface area contributed by atoms with Crippen molar-refractivity contribution >= 4 is 5.82 Å². The van der Waals surface area contributed by atoms with Crippen molar-refractivity contribution in [2.75, 3.05) is 26.0 Å². The van der Waals surface area contributed by atoms with E-state index in [0.29, 0.717) is 5.82 Å². The van der Waals surface area contributed by atoms with Gasteiger partial charge in [0.1, 0.15) is 5.82 Å². The lowest BCUT2D eigenvalue weighted by Gasteiger charge is -2.23. The molecule has 5 nitrogen and oxygen atoms in total. The first-order chi connectivity index (χ1) is 12.1. The number of aryl methyl sites for hydroxylation is 1. The number of nitrogens with one attached hydrogen (secondary N) is 1. The number of aromatic nitrogens is 3. The van der Waals surface area contributed by atoms with E-state index >= 15 is 0 Å². The van der Waals surface area contributed by atoms with Gasteiger partial charge in [0.2, 0.25) is 0 Å². The zero-order valence-corrected chi connectivity index (χ0v) is 14.8. The smallest absolute Gasteiger partial charge is 0.163 e. The number of nitrogens with zero attached hydrogens (tertiary/aromatic N) is 4. The van der Waals surface area contributed by atoms with Crippen LogP contribution in [-0.4, -0.2) is 40.5 Å². The molecule has 0 saturated carbocycles. The third-order valence-corrected chi connectivity index (χ3v) is 3.85. The molecule has 1 N–H and O–H groups in total. The third-order valence-electron chi connectivity index (χ3n) is 3.85. The van der Waals surface area contributed by atoms with E-state index in [2.05, 4.69) is 58.5 Å². The summed E-state index contributed by atoms with van der Waals surface area (Å²) in [6.07, 6.45) is 3.54. The van der Waals surface area contributed by atoms with Crippen LogP contribution in [-0.2, 0) is 0 Å². The van der Waals surface area contributed by atoms with Crippen LogP contribution >= 0.6 is 0 Å². The van der Waals surface area contributed by atoms with Crippen LogP contribution in [0.2, 0.25) is 0 Å². The number of benzene rings is 1. The molecule has 5 heteroatoms. The Morgan fingerprint density at radius 2 is 1.84 bits per heavy atom. The van der Waals surface area contributed by atoms with Crippen LogP contribution in [0.5, 0.6) is 0 Å². The van der Waals surface area contributed by atoms with Gasteiger partial charge in [-0.05, 0) is 38.7 Å². The predicted molar refractivity (Wildman–Crippen MR) is 101 cm³/mol. The molecule has 0 radical (unpaired) electrons. The van der Waals surface area contributed by atoms with Gasteiger partial charge in [-0.1, -0.05) is 30.3 Å². The van der Waals surface area contributed by atoms with Crippen LogP contribution in [0.25, 0.3) is 11.4 Å². The molecule has 0 spiro atoms. The Hall–Kier alpha value is -2.79. The van der Waals surface area contributed by atoms with E-state index in [-0.39, 0.29) is 6.04 Å². The molecule has 0 amide bonds. The number of pyridine rings is 1. The van der Waals surface area contributed by atoms with Gasteiger partial charge in [0.15, 0.2) is 5.82 Å². The maximum absolute atomic E-state index is 4.70. The summed E-state index contributed by atoms with van der Waals surface area (Å²) in [5, 5.41) is 3.56. The van der Waals surface area contributed by atoms with E-state index in [1.807, 2.05) is 31.2 Å². The molecule has 0 aliphatic rings. The quantitative estimate of drug-likeness (QED) is 0.747. The van der Waals surface area contributed by atoms with Crippen molar-refractivity contribution in [3.8, 4) is 11.4 Å². The van der Waals surface area contributed by atoms with Crippen LogP contribution in [0.1, 0.15) is 17.3 Å². The van der Waals surface area contributed by atoms with Crippen molar-refractivity contribution in [3.05, 3.63) is 72.2 Å². The standard InChI is InChI=1S/C20H23N5/c1-15-12-19(24-20(22-15)17-10-7-11-21-13-17)23-18(14-25(2)3)16-8-5-4-6-9-16/h4-13,18H,14H2,1-3H3,(H,22,23,24)/t18-/m1/s1. The summed E-state index contributed by atoms with van der Waals surface area (Å²) in [4.78, 5) is 15.6. The summed E-state index contributed by atoms with van der Waals surface area (Å²) in [5.41, 5.74) is 3.07. The van der Waals surface area contributed by atoms with E-state index in [9.17, 15) is 0 Å². The van der Waals surface area contributed by atoms with Crippen molar-refractivity contribution in [2.45, 2.75) is 13.0 Å². The SMILES string of the molecule is Cc1cc(N[C@H](CN(C)C)c2ccccc2)nc(-c2cccnc2)n1. The molecule has 0 aliphatic heterocycles. The number of anilines is 1. The molecule has 1 atom stereocenters. The molecule has 1 aromatic carbocycles. The Labute approximate surface area is 148 Å². The Morgan fingerprint density at radius 1 is 1.04 bits per heavy atom. The Balaban J connectivity index is 1.91. The fourth-order valence-corrected chi connectivity index (χ4v) is 2.73. The van der Waals surface area contributed by atoms with Gasteiger partial charge in [-0.3, -0.25) is 4.98 Å². The molecular weight excluding hydrogens is 310 g/mol. The highest BCUT2D eigenvalue weighted by molar-refractivity contribution is 5.56. The van der Waals surface area contributed by atoms with Gasteiger partial charge >= 0.3 is 0 Å². The summed E-state index contributed by atoms with van der Waals surface area (Å²) in [6.45, 7) is 2.85. The minimum Gasteiger partial charge on any atom is -0.362 e. The lowest BCUT2D eigenvalue weighted by atomic mass is 10.1. The van der Waals surface area contributed by atoms with Crippen molar-refractivity contribution < 1.29 is 0 Å². The van der Waals surface area contributed by atoms with Gasteiger partial charge in [0.25, 0.3) is 0 Å². The third kappa shape index (κ3) is 4.61. The molecule has 0 aliphatic carbocycles. The lowest BCUT2D eigenvalue weighted by molar-refractivity contribution is 0.386. The van der Waals surface area contributed by atoms with Crippen LogP contribution in [0.4, 0.5) is 5.82 Å². The topological polar surface area (TPSA) is 53.9 Å². The Kier molecular flexibility index (Phi) is 5.36. The number of hydrogen-bond acceptors (Lipinski definition) is 5. The van der Waals surface area contributed by atoms with E-state index in [4.69, 9.17) is 4.98 Å². The first kappa shape index (κ1) is 17.0. The number of likely N-dealkylation sites (N-methyl/N-ethyl adjacent to an activating group) is 1. The molecule has 0 unspecified atom stereocenters. The average Bonchev–Trinajstić information content (AvgIpc) is 2.62. The Bertz CT molecular complexity index is 803. The van der Waals surface area contributed by atoms with Gasteiger partial charge < -0.3 is 10.2 Å². The van der Waals surface area contributed by atoms with Crippen LogP contribution < -0.4 is 5.32 Å². The fraction of sp³-hybridized carbons (Fsp3) is 0.250. The van der Waals surface area contributed by atoms with E-state index in [0.717, 1.165) is 23.6 Å². The molecule has 3 rings (SSSR count). The molecule has 0 bridgehead atoms. The predicted octanol–water partition coefficient (Wildman–Crippen LogP) is 3.56. The summed E-state index contributed by atoms with van der Waals surface area (Å²) in [6, 6.07) is 16.4. The lowest BCUT2D eigenvalue weighted by Crippen LogP contribution is -2.26. The van der Waals surface area contributed by atoms with Gasteiger partial charge in [-0.2, -0.15) is 0 Å². The summed E-state index contributed by atoms with van der Waals surface area (Å²) in [5.74, 6) is 1.51.